The van der Waals surface area contributed by atoms with E-state index in [0.29, 0.717) is 29.9 Å². The average Bonchev–Trinajstić information content (AvgIpc) is 3.25. The number of hydrogen-bond donors (Lipinski definition) is 0. The van der Waals surface area contributed by atoms with Crippen LogP contribution in [0.2, 0.25) is 0 Å². The van der Waals surface area contributed by atoms with E-state index in [-0.39, 0.29) is 17.3 Å². The molecule has 0 aliphatic carbocycles. The fourth-order valence-electron chi connectivity index (χ4n) is 3.32. The van der Waals surface area contributed by atoms with E-state index in [0.717, 1.165) is 5.56 Å². The van der Waals surface area contributed by atoms with Crippen LogP contribution in [0, 0.1) is 22.9 Å². The summed E-state index contributed by atoms with van der Waals surface area (Å²) in [5, 5.41) is 15.2. The number of carbonyl (C=O) groups excluding carboxylic acids is 1. The smallest absolute Gasteiger partial charge is 0.271 e. The van der Waals surface area contributed by atoms with Gasteiger partial charge in [-0.3, -0.25) is 14.9 Å². The Morgan fingerprint density at radius 2 is 2.00 bits per heavy atom. The molecule has 1 aliphatic rings. The van der Waals surface area contributed by atoms with E-state index >= 15 is 0 Å². The van der Waals surface area contributed by atoms with Crippen LogP contribution in [0.1, 0.15) is 21.6 Å². The van der Waals surface area contributed by atoms with Crippen molar-refractivity contribution < 1.29 is 14.1 Å². The maximum Gasteiger partial charge on any atom is 0.271 e. The molecule has 0 fully saturated rings. The molecule has 3 aromatic rings. The lowest BCUT2D eigenvalue weighted by Gasteiger charge is -2.17. The number of halogens is 1. The fraction of sp³-hybridized carbons (Fsp3) is 0.158. The molecule has 0 spiro atoms. The van der Waals surface area contributed by atoms with Gasteiger partial charge in [-0.05, 0) is 31.0 Å². The number of carbonyl (C=O) groups is 1. The lowest BCUT2D eigenvalue weighted by molar-refractivity contribution is -0.384. The van der Waals surface area contributed by atoms with E-state index < -0.39 is 10.7 Å². The topological polar surface area (TPSA) is 81.3 Å². The lowest BCUT2D eigenvalue weighted by atomic mass is 10.1. The second kappa shape index (κ2) is 6.31. The molecule has 1 aromatic heterocycles. The van der Waals surface area contributed by atoms with Gasteiger partial charge < -0.3 is 4.90 Å². The fourth-order valence-corrected chi connectivity index (χ4v) is 3.32. The molecule has 27 heavy (non-hydrogen) atoms. The van der Waals surface area contributed by atoms with E-state index in [9.17, 15) is 19.3 Å². The number of nitro groups is 1. The van der Waals surface area contributed by atoms with Crippen LogP contribution in [0.15, 0.2) is 48.7 Å². The minimum Gasteiger partial charge on any atom is -0.307 e. The highest BCUT2D eigenvalue weighted by Gasteiger charge is 2.29. The Morgan fingerprint density at radius 3 is 2.74 bits per heavy atom. The minimum atomic E-state index is -0.483. The number of aromatic nitrogens is 2. The Morgan fingerprint density at radius 1 is 1.22 bits per heavy atom. The number of fused-ring (bicyclic) bond motifs is 1. The number of hydrogen-bond acceptors (Lipinski definition) is 4. The number of rotatable bonds is 3. The van der Waals surface area contributed by atoms with Gasteiger partial charge >= 0.3 is 0 Å². The summed E-state index contributed by atoms with van der Waals surface area (Å²) in [7, 11) is 0. The van der Waals surface area contributed by atoms with Crippen molar-refractivity contribution >= 4 is 17.3 Å². The van der Waals surface area contributed by atoms with Crippen LogP contribution in [0.25, 0.3) is 5.69 Å². The van der Waals surface area contributed by atoms with E-state index in [4.69, 9.17) is 0 Å². The Bertz CT molecular complexity index is 1080. The maximum absolute atomic E-state index is 14.1. The van der Waals surface area contributed by atoms with E-state index in [1.807, 2.05) is 0 Å². The van der Waals surface area contributed by atoms with Crippen molar-refractivity contribution in [2.75, 3.05) is 11.4 Å². The largest absolute Gasteiger partial charge is 0.307 e. The highest BCUT2D eigenvalue weighted by Crippen LogP contribution is 2.33. The van der Waals surface area contributed by atoms with Crippen LogP contribution in [0.5, 0.6) is 0 Å². The van der Waals surface area contributed by atoms with Gasteiger partial charge in [-0.25, -0.2) is 9.07 Å². The number of non-ortho nitro benzene ring substituents is 1. The normalized spacial score (nSPS) is 12.9. The third kappa shape index (κ3) is 2.75. The van der Waals surface area contributed by atoms with Gasteiger partial charge in [0.2, 0.25) is 0 Å². The maximum atomic E-state index is 14.1. The molecule has 4 rings (SSSR count). The molecule has 0 saturated heterocycles. The molecule has 2 aromatic carbocycles. The van der Waals surface area contributed by atoms with Crippen LogP contribution < -0.4 is 4.90 Å². The van der Waals surface area contributed by atoms with Crippen LogP contribution in [-0.2, 0) is 6.42 Å². The number of nitrogens with zero attached hydrogens (tertiary/aromatic N) is 4. The van der Waals surface area contributed by atoms with Gasteiger partial charge in [0.1, 0.15) is 11.5 Å². The standard InChI is InChI=1S/C19H15FN4O3/c1-12-15(11-21-23(12)17-5-3-2-4-16(17)20)19(25)22-9-8-13-6-7-14(24(26)27)10-18(13)22/h2-7,10-11H,8-9H2,1H3. The molecule has 0 N–H and O–H groups in total. The molecular formula is C19H15FN4O3. The third-order valence-electron chi connectivity index (χ3n) is 4.74. The average molecular weight is 366 g/mol. The summed E-state index contributed by atoms with van der Waals surface area (Å²) >= 11 is 0. The van der Waals surface area contributed by atoms with Crippen molar-refractivity contribution in [3.63, 3.8) is 0 Å². The Balaban J connectivity index is 1.71. The first-order chi connectivity index (χ1) is 13.0. The second-order valence-corrected chi connectivity index (χ2v) is 6.28. The van der Waals surface area contributed by atoms with Gasteiger partial charge in [0.05, 0.1) is 28.1 Å². The molecule has 0 unspecified atom stereocenters. The molecule has 7 nitrogen and oxygen atoms in total. The molecule has 8 heteroatoms. The zero-order valence-electron chi connectivity index (χ0n) is 14.4. The molecule has 0 saturated carbocycles. The third-order valence-corrected chi connectivity index (χ3v) is 4.74. The van der Waals surface area contributed by atoms with Crippen molar-refractivity contribution in [3.8, 4) is 5.69 Å². The van der Waals surface area contributed by atoms with Crippen LogP contribution in [0.4, 0.5) is 15.8 Å². The number of anilines is 1. The van der Waals surface area contributed by atoms with Crippen molar-refractivity contribution in [2.24, 2.45) is 0 Å². The van der Waals surface area contributed by atoms with Gasteiger partial charge in [0.15, 0.2) is 0 Å². The summed E-state index contributed by atoms with van der Waals surface area (Å²) < 4.78 is 15.4. The summed E-state index contributed by atoms with van der Waals surface area (Å²) in [5.74, 6) is -0.751. The molecule has 2 heterocycles. The number of benzene rings is 2. The zero-order chi connectivity index (χ0) is 19.1. The Kier molecular flexibility index (Phi) is 3.95. The summed E-state index contributed by atoms with van der Waals surface area (Å²) in [4.78, 5) is 25.1. The van der Waals surface area contributed by atoms with Crippen molar-refractivity contribution in [2.45, 2.75) is 13.3 Å². The van der Waals surface area contributed by atoms with E-state index in [1.165, 1.54) is 34.0 Å². The summed E-state index contributed by atoms with van der Waals surface area (Å²) in [6.07, 6.45) is 2.03. The van der Waals surface area contributed by atoms with Gasteiger partial charge in [-0.2, -0.15) is 5.10 Å². The SMILES string of the molecule is Cc1c(C(=O)N2CCc3ccc([N+](=O)[O-])cc32)cnn1-c1ccccc1F. The quantitative estimate of drug-likeness (QED) is 0.525. The molecule has 0 bridgehead atoms. The predicted molar refractivity (Wildman–Crippen MR) is 96.7 cm³/mol. The number of nitro benzene ring substituents is 1. The second-order valence-electron chi connectivity index (χ2n) is 6.28. The van der Waals surface area contributed by atoms with Gasteiger partial charge in [-0.15, -0.1) is 0 Å². The monoisotopic (exact) mass is 366 g/mol. The highest BCUT2D eigenvalue weighted by molar-refractivity contribution is 6.08. The molecule has 1 amide bonds. The van der Waals surface area contributed by atoms with Crippen molar-refractivity contribution in [3.05, 3.63) is 81.4 Å². The highest BCUT2D eigenvalue weighted by atomic mass is 19.1. The van der Waals surface area contributed by atoms with Gasteiger partial charge in [0.25, 0.3) is 11.6 Å². The molecule has 136 valence electrons. The number of para-hydroxylation sites is 1. The minimum absolute atomic E-state index is 0.0628. The molecule has 0 radical (unpaired) electrons. The van der Waals surface area contributed by atoms with Crippen LogP contribution in [-0.4, -0.2) is 27.2 Å². The Hall–Kier alpha value is -3.55. The molecule has 1 aliphatic heterocycles. The molecular weight excluding hydrogens is 351 g/mol. The van der Waals surface area contributed by atoms with Gasteiger partial charge in [0, 0.05) is 18.7 Å². The first-order valence-electron chi connectivity index (χ1n) is 8.36. The van der Waals surface area contributed by atoms with Crippen molar-refractivity contribution in [1.29, 1.82) is 0 Å². The van der Waals surface area contributed by atoms with Crippen molar-refractivity contribution in [1.82, 2.24) is 9.78 Å². The predicted octanol–water partition coefficient (Wildman–Crippen LogP) is 3.43. The van der Waals surface area contributed by atoms with Crippen LogP contribution >= 0.6 is 0 Å². The summed E-state index contributed by atoms with van der Waals surface area (Å²) in [6.45, 7) is 2.12. The summed E-state index contributed by atoms with van der Waals surface area (Å²) in [6, 6.07) is 10.7. The van der Waals surface area contributed by atoms with Crippen LogP contribution in [0.3, 0.4) is 0 Å². The van der Waals surface area contributed by atoms with Gasteiger partial charge in [-0.1, -0.05) is 18.2 Å². The summed E-state index contributed by atoms with van der Waals surface area (Å²) in [5.41, 5.74) is 2.45. The first kappa shape index (κ1) is 16.9. The Labute approximate surface area is 153 Å². The van der Waals surface area contributed by atoms with E-state index in [2.05, 4.69) is 5.10 Å². The lowest BCUT2D eigenvalue weighted by Crippen LogP contribution is -2.29. The molecule has 0 atom stereocenters. The van der Waals surface area contributed by atoms with E-state index in [1.54, 1.807) is 31.2 Å². The number of amides is 1. The first-order valence-corrected chi connectivity index (χ1v) is 8.36. The zero-order valence-corrected chi connectivity index (χ0v) is 14.4.